The van der Waals surface area contributed by atoms with E-state index >= 15 is 0 Å². The van der Waals surface area contributed by atoms with Crippen molar-refractivity contribution in [1.29, 1.82) is 0 Å². The van der Waals surface area contributed by atoms with E-state index in [1.54, 1.807) is 14.2 Å². The first-order valence-corrected chi connectivity index (χ1v) is 5.91. The molecule has 0 saturated carbocycles. The zero-order valence-electron chi connectivity index (χ0n) is 10.4. The molecule has 0 saturated heterocycles. The van der Waals surface area contributed by atoms with E-state index in [4.69, 9.17) is 9.57 Å². The summed E-state index contributed by atoms with van der Waals surface area (Å²) in [6.07, 6.45) is 0. The molecule has 0 radical (unpaired) electrons. The molecule has 16 heavy (non-hydrogen) atoms. The number of benzene rings is 1. The summed E-state index contributed by atoms with van der Waals surface area (Å²) in [5, 5.41) is 0. The van der Waals surface area contributed by atoms with Crippen LogP contribution >= 0.6 is 15.9 Å². The summed E-state index contributed by atoms with van der Waals surface area (Å²) in [5.74, 6) is 0.913. The second-order valence-electron chi connectivity index (χ2n) is 3.73. The quantitative estimate of drug-likeness (QED) is 0.864. The van der Waals surface area contributed by atoms with Crippen molar-refractivity contribution in [3.8, 4) is 5.75 Å². The Balaban J connectivity index is 3.29. The summed E-state index contributed by atoms with van der Waals surface area (Å²) in [7, 11) is 3.31. The Morgan fingerprint density at radius 2 is 1.69 bits per heavy atom. The van der Waals surface area contributed by atoms with Crippen LogP contribution in [0.25, 0.3) is 0 Å². The maximum atomic E-state index is 5.40. The third-order valence-corrected chi connectivity index (χ3v) is 3.89. The number of nitrogens with one attached hydrogen (secondary N) is 1. The minimum atomic E-state index is 0.692. The van der Waals surface area contributed by atoms with Gasteiger partial charge >= 0.3 is 0 Å². The lowest BCUT2D eigenvalue weighted by Gasteiger charge is -2.18. The summed E-state index contributed by atoms with van der Waals surface area (Å²) in [4.78, 5) is 4.90. The van der Waals surface area contributed by atoms with Crippen LogP contribution in [0.2, 0.25) is 0 Å². The molecule has 0 aliphatic rings. The molecule has 0 bridgehead atoms. The number of hydroxylamine groups is 1. The molecule has 0 fully saturated rings. The first-order chi connectivity index (χ1) is 7.54. The lowest BCUT2D eigenvalue weighted by Crippen LogP contribution is -2.14. The van der Waals surface area contributed by atoms with E-state index in [0.29, 0.717) is 6.54 Å². The highest BCUT2D eigenvalue weighted by Crippen LogP contribution is 2.36. The van der Waals surface area contributed by atoms with Gasteiger partial charge in [-0.1, -0.05) is 0 Å². The van der Waals surface area contributed by atoms with Gasteiger partial charge in [0.05, 0.1) is 18.7 Å². The molecular weight excluding hydrogens is 270 g/mol. The van der Waals surface area contributed by atoms with Gasteiger partial charge in [-0.3, -0.25) is 0 Å². The Bertz CT molecular complexity index is 362. The van der Waals surface area contributed by atoms with Crippen molar-refractivity contribution in [2.24, 2.45) is 0 Å². The molecule has 0 heterocycles. The largest absolute Gasteiger partial charge is 0.495 e. The lowest BCUT2D eigenvalue weighted by atomic mass is 9.97. The number of rotatable bonds is 4. The normalized spacial score (nSPS) is 10.6. The van der Waals surface area contributed by atoms with E-state index < -0.39 is 0 Å². The van der Waals surface area contributed by atoms with Crippen LogP contribution in [0.3, 0.4) is 0 Å². The molecule has 0 aromatic heterocycles. The fourth-order valence-corrected chi connectivity index (χ4v) is 2.50. The number of ether oxygens (including phenoxy) is 1. The van der Waals surface area contributed by atoms with Crippen molar-refractivity contribution in [3.05, 3.63) is 26.7 Å². The van der Waals surface area contributed by atoms with Gasteiger partial charge in [0.15, 0.2) is 0 Å². The summed E-state index contributed by atoms with van der Waals surface area (Å²) in [6, 6.07) is 0. The highest BCUT2D eigenvalue weighted by molar-refractivity contribution is 9.10. The van der Waals surface area contributed by atoms with Gasteiger partial charge in [-0.2, -0.15) is 5.48 Å². The molecule has 90 valence electrons. The summed E-state index contributed by atoms with van der Waals surface area (Å²) >= 11 is 3.57. The maximum Gasteiger partial charge on any atom is 0.136 e. The van der Waals surface area contributed by atoms with Gasteiger partial charge in [0.1, 0.15) is 5.75 Å². The van der Waals surface area contributed by atoms with Gasteiger partial charge in [0.25, 0.3) is 0 Å². The number of halogens is 1. The Morgan fingerprint density at radius 3 is 2.19 bits per heavy atom. The fraction of sp³-hybridized carbons (Fsp3) is 0.500. The highest BCUT2D eigenvalue weighted by Gasteiger charge is 2.15. The van der Waals surface area contributed by atoms with Crippen molar-refractivity contribution in [3.63, 3.8) is 0 Å². The second-order valence-corrected chi connectivity index (χ2v) is 4.52. The molecule has 1 aromatic carbocycles. The van der Waals surface area contributed by atoms with Crippen molar-refractivity contribution >= 4 is 15.9 Å². The average Bonchev–Trinajstić information content (AvgIpc) is 2.27. The van der Waals surface area contributed by atoms with Crippen molar-refractivity contribution in [1.82, 2.24) is 5.48 Å². The van der Waals surface area contributed by atoms with Crippen LogP contribution in [0.15, 0.2) is 4.47 Å². The second kappa shape index (κ2) is 5.66. The zero-order valence-corrected chi connectivity index (χ0v) is 12.0. The molecule has 3 nitrogen and oxygen atoms in total. The van der Waals surface area contributed by atoms with Crippen LogP contribution < -0.4 is 10.2 Å². The molecule has 0 aliphatic carbocycles. The number of hydrogen-bond donors (Lipinski definition) is 1. The summed E-state index contributed by atoms with van der Waals surface area (Å²) < 4.78 is 6.42. The molecule has 0 unspecified atom stereocenters. The Labute approximate surface area is 105 Å². The minimum absolute atomic E-state index is 0.692. The molecule has 0 aliphatic heterocycles. The third-order valence-electron chi connectivity index (χ3n) is 2.93. The minimum Gasteiger partial charge on any atom is -0.495 e. The molecule has 1 N–H and O–H groups in total. The van der Waals surface area contributed by atoms with Crippen LogP contribution in [0.5, 0.6) is 5.75 Å². The molecule has 0 atom stereocenters. The molecular formula is C12H18BrNO2. The van der Waals surface area contributed by atoms with Crippen LogP contribution in [0.4, 0.5) is 0 Å². The average molecular weight is 288 g/mol. The van der Waals surface area contributed by atoms with Gasteiger partial charge in [0, 0.05) is 6.54 Å². The predicted molar refractivity (Wildman–Crippen MR) is 68.8 cm³/mol. The van der Waals surface area contributed by atoms with Gasteiger partial charge < -0.3 is 9.57 Å². The Morgan fingerprint density at radius 1 is 1.06 bits per heavy atom. The topological polar surface area (TPSA) is 30.5 Å². The van der Waals surface area contributed by atoms with Crippen molar-refractivity contribution in [2.75, 3.05) is 14.2 Å². The highest BCUT2D eigenvalue weighted by atomic mass is 79.9. The van der Waals surface area contributed by atoms with E-state index in [1.165, 1.54) is 16.7 Å². The Hall–Kier alpha value is -0.580. The van der Waals surface area contributed by atoms with E-state index in [9.17, 15) is 0 Å². The third kappa shape index (κ3) is 2.39. The predicted octanol–water partition coefficient (Wildman–Crippen LogP) is 3.03. The number of hydrogen-bond acceptors (Lipinski definition) is 3. The van der Waals surface area contributed by atoms with Gasteiger partial charge in [-0.15, -0.1) is 0 Å². The molecule has 0 amide bonds. The first-order valence-electron chi connectivity index (χ1n) is 5.12. The maximum absolute atomic E-state index is 5.40. The molecule has 1 aromatic rings. The summed E-state index contributed by atoms with van der Waals surface area (Å²) in [6.45, 7) is 6.93. The lowest BCUT2D eigenvalue weighted by molar-refractivity contribution is 0.0864. The van der Waals surface area contributed by atoms with Crippen LogP contribution in [0.1, 0.15) is 22.3 Å². The van der Waals surface area contributed by atoms with Crippen LogP contribution in [0, 0.1) is 20.8 Å². The zero-order chi connectivity index (χ0) is 12.3. The van der Waals surface area contributed by atoms with Crippen LogP contribution in [-0.4, -0.2) is 14.2 Å². The van der Waals surface area contributed by atoms with Crippen molar-refractivity contribution in [2.45, 2.75) is 27.3 Å². The van der Waals surface area contributed by atoms with Crippen LogP contribution in [-0.2, 0) is 11.4 Å². The smallest absolute Gasteiger partial charge is 0.136 e. The molecule has 0 spiro atoms. The molecule has 1 rings (SSSR count). The SMILES string of the molecule is CONCc1c(C)c(C)c(OC)c(Br)c1C. The number of methoxy groups -OCH3 is 1. The Kier molecular flexibility index (Phi) is 4.77. The van der Waals surface area contributed by atoms with E-state index in [-0.39, 0.29) is 0 Å². The van der Waals surface area contributed by atoms with Crippen molar-refractivity contribution < 1.29 is 9.57 Å². The summed E-state index contributed by atoms with van der Waals surface area (Å²) in [5.41, 5.74) is 7.70. The van der Waals surface area contributed by atoms with E-state index in [2.05, 4.69) is 42.2 Å². The van der Waals surface area contributed by atoms with Gasteiger partial charge in [-0.05, 0) is 59.0 Å². The fourth-order valence-electron chi connectivity index (χ4n) is 1.80. The van der Waals surface area contributed by atoms with Gasteiger partial charge in [0.2, 0.25) is 0 Å². The molecule has 4 heteroatoms. The standard InChI is InChI=1S/C12H18BrNO2/c1-7-8(2)12(15-4)11(13)9(3)10(7)6-14-16-5/h14H,6H2,1-5H3. The van der Waals surface area contributed by atoms with E-state index in [1.807, 2.05) is 0 Å². The van der Waals surface area contributed by atoms with E-state index in [0.717, 1.165) is 15.8 Å². The first kappa shape index (κ1) is 13.5. The van der Waals surface area contributed by atoms with Gasteiger partial charge in [-0.25, -0.2) is 0 Å². The monoisotopic (exact) mass is 287 g/mol.